The largest absolute Gasteiger partial charge is 0.492 e. The van der Waals surface area contributed by atoms with Crippen LogP contribution < -0.4 is 9.47 Å². The maximum absolute atomic E-state index is 12.1. The number of rotatable bonds is 6. The van der Waals surface area contributed by atoms with Gasteiger partial charge in [0.25, 0.3) is 0 Å². The lowest BCUT2D eigenvalue weighted by molar-refractivity contribution is -0.153. The summed E-state index contributed by atoms with van der Waals surface area (Å²) >= 11 is 0. The van der Waals surface area contributed by atoms with E-state index in [9.17, 15) is 18.0 Å². The summed E-state index contributed by atoms with van der Waals surface area (Å²) in [6, 6.07) is 3.53. The molecular weight excluding hydrogens is 277 g/mol. The van der Waals surface area contributed by atoms with Gasteiger partial charge in [-0.2, -0.15) is 13.2 Å². The lowest BCUT2D eigenvalue weighted by atomic mass is 10.2. The summed E-state index contributed by atoms with van der Waals surface area (Å²) in [6.45, 7) is -1.06. The summed E-state index contributed by atoms with van der Waals surface area (Å²) in [5.74, 6) is -0.836. The van der Waals surface area contributed by atoms with Gasteiger partial charge < -0.3 is 14.6 Å². The quantitative estimate of drug-likeness (QED) is 0.874. The molecule has 1 aromatic rings. The number of carboxylic acids is 1. The lowest BCUT2D eigenvalue weighted by Crippen LogP contribution is -2.19. The molecule has 20 heavy (non-hydrogen) atoms. The third-order valence-corrected chi connectivity index (χ3v) is 2.76. The van der Waals surface area contributed by atoms with Crippen molar-refractivity contribution in [3.8, 4) is 11.5 Å². The zero-order valence-corrected chi connectivity index (χ0v) is 10.4. The van der Waals surface area contributed by atoms with Crippen LogP contribution in [-0.4, -0.2) is 30.5 Å². The minimum atomic E-state index is -4.44. The number of hydrogen-bond acceptors (Lipinski definition) is 3. The van der Waals surface area contributed by atoms with Crippen LogP contribution in [-0.2, 0) is 0 Å². The van der Waals surface area contributed by atoms with Crippen LogP contribution in [0.25, 0.3) is 0 Å². The third kappa shape index (κ3) is 4.32. The second-order valence-electron chi connectivity index (χ2n) is 4.62. The Morgan fingerprint density at radius 3 is 2.55 bits per heavy atom. The van der Waals surface area contributed by atoms with Crippen LogP contribution in [0, 0.1) is 5.92 Å². The van der Waals surface area contributed by atoms with Gasteiger partial charge >= 0.3 is 12.1 Å². The van der Waals surface area contributed by atoms with Gasteiger partial charge in [-0.15, -0.1) is 0 Å². The summed E-state index contributed by atoms with van der Waals surface area (Å²) in [5.41, 5.74) is -0.0926. The normalized spacial score (nSPS) is 14.9. The summed E-state index contributed by atoms with van der Waals surface area (Å²) < 4.78 is 46.1. The number of ether oxygens (including phenoxy) is 2. The fourth-order valence-corrected chi connectivity index (χ4v) is 1.55. The van der Waals surface area contributed by atoms with E-state index in [4.69, 9.17) is 9.84 Å². The van der Waals surface area contributed by atoms with Crippen molar-refractivity contribution in [2.75, 3.05) is 13.2 Å². The van der Waals surface area contributed by atoms with E-state index in [1.807, 2.05) is 0 Å². The summed E-state index contributed by atoms with van der Waals surface area (Å²) in [7, 11) is 0. The molecule has 1 fully saturated rings. The number of hydrogen-bond donors (Lipinski definition) is 1. The Morgan fingerprint density at radius 1 is 1.30 bits per heavy atom. The Kier molecular flexibility index (Phi) is 4.06. The molecule has 0 aliphatic heterocycles. The van der Waals surface area contributed by atoms with E-state index in [1.165, 1.54) is 18.2 Å². The first kappa shape index (κ1) is 14.5. The number of benzene rings is 1. The molecule has 0 bridgehead atoms. The molecule has 1 aliphatic rings. The first-order valence-electron chi connectivity index (χ1n) is 6.05. The molecule has 1 aromatic carbocycles. The van der Waals surface area contributed by atoms with E-state index in [2.05, 4.69) is 4.74 Å². The van der Waals surface area contributed by atoms with E-state index in [-0.39, 0.29) is 17.1 Å². The highest BCUT2D eigenvalue weighted by molar-refractivity contribution is 5.91. The van der Waals surface area contributed by atoms with Gasteiger partial charge in [-0.25, -0.2) is 4.79 Å². The Balaban J connectivity index is 2.09. The van der Waals surface area contributed by atoms with E-state index in [0.717, 1.165) is 12.8 Å². The monoisotopic (exact) mass is 290 g/mol. The minimum absolute atomic E-state index is 0.0316. The molecule has 7 heteroatoms. The van der Waals surface area contributed by atoms with Crippen molar-refractivity contribution < 1.29 is 32.5 Å². The fraction of sp³-hybridized carbons (Fsp3) is 0.462. The molecule has 0 aromatic heterocycles. The number of halogens is 3. The van der Waals surface area contributed by atoms with E-state index < -0.39 is 18.8 Å². The Morgan fingerprint density at radius 2 is 2.00 bits per heavy atom. The van der Waals surface area contributed by atoms with Crippen molar-refractivity contribution in [3.63, 3.8) is 0 Å². The van der Waals surface area contributed by atoms with Crippen molar-refractivity contribution in [1.29, 1.82) is 0 Å². The summed E-state index contributed by atoms with van der Waals surface area (Å²) in [5, 5.41) is 9.00. The van der Waals surface area contributed by atoms with Gasteiger partial charge in [0.2, 0.25) is 0 Å². The molecule has 0 unspecified atom stereocenters. The molecule has 0 heterocycles. The first-order valence-corrected chi connectivity index (χ1v) is 6.05. The molecule has 4 nitrogen and oxygen atoms in total. The number of aromatic carboxylic acids is 1. The Bertz CT molecular complexity index is 495. The van der Waals surface area contributed by atoms with Crippen LogP contribution in [0.4, 0.5) is 13.2 Å². The topological polar surface area (TPSA) is 55.8 Å². The predicted molar refractivity (Wildman–Crippen MR) is 63.2 cm³/mol. The van der Waals surface area contributed by atoms with Crippen molar-refractivity contribution in [2.45, 2.75) is 19.0 Å². The molecule has 0 atom stereocenters. The van der Waals surface area contributed by atoms with Crippen LogP contribution >= 0.6 is 0 Å². The number of carboxylic acid groups (broad SMARTS) is 1. The molecule has 0 saturated heterocycles. The van der Waals surface area contributed by atoms with E-state index in [0.29, 0.717) is 12.5 Å². The maximum atomic E-state index is 12.1. The zero-order valence-electron chi connectivity index (χ0n) is 10.4. The van der Waals surface area contributed by atoms with Crippen molar-refractivity contribution in [3.05, 3.63) is 23.8 Å². The molecular formula is C13H13F3O4. The molecule has 110 valence electrons. The lowest BCUT2D eigenvalue weighted by Gasteiger charge is -2.13. The average Bonchev–Trinajstić information content (AvgIpc) is 3.16. The number of alkyl halides is 3. The molecule has 2 rings (SSSR count). The molecule has 0 spiro atoms. The van der Waals surface area contributed by atoms with Crippen LogP contribution in [0.15, 0.2) is 18.2 Å². The van der Waals surface area contributed by atoms with Crippen LogP contribution in [0.5, 0.6) is 11.5 Å². The van der Waals surface area contributed by atoms with Gasteiger partial charge in [0.15, 0.2) is 6.61 Å². The highest BCUT2D eigenvalue weighted by atomic mass is 19.4. The standard InChI is InChI=1S/C13H13F3O4/c14-13(15,16)7-20-9-3-4-10(12(17)18)11(5-9)19-6-8-1-2-8/h3-5,8H,1-2,6-7H2,(H,17,18). The maximum Gasteiger partial charge on any atom is 0.422 e. The third-order valence-electron chi connectivity index (χ3n) is 2.76. The second kappa shape index (κ2) is 5.60. The van der Waals surface area contributed by atoms with Crippen molar-refractivity contribution in [1.82, 2.24) is 0 Å². The molecule has 0 amide bonds. The fourth-order valence-electron chi connectivity index (χ4n) is 1.55. The minimum Gasteiger partial charge on any atom is -0.492 e. The van der Waals surface area contributed by atoms with E-state index >= 15 is 0 Å². The van der Waals surface area contributed by atoms with Gasteiger partial charge in [0, 0.05) is 6.07 Å². The van der Waals surface area contributed by atoms with Gasteiger partial charge in [-0.3, -0.25) is 0 Å². The van der Waals surface area contributed by atoms with Crippen molar-refractivity contribution in [2.24, 2.45) is 5.92 Å². The van der Waals surface area contributed by atoms with Gasteiger partial charge in [-0.1, -0.05) is 0 Å². The molecule has 1 N–H and O–H groups in total. The predicted octanol–water partition coefficient (Wildman–Crippen LogP) is 3.11. The van der Waals surface area contributed by atoms with Crippen LogP contribution in [0.3, 0.4) is 0 Å². The summed E-state index contributed by atoms with van der Waals surface area (Å²) in [4.78, 5) is 11.0. The van der Waals surface area contributed by atoms with Gasteiger partial charge in [0.1, 0.15) is 17.1 Å². The Hall–Kier alpha value is -1.92. The first-order chi connectivity index (χ1) is 9.35. The molecule has 0 radical (unpaired) electrons. The van der Waals surface area contributed by atoms with Crippen LogP contribution in [0.2, 0.25) is 0 Å². The Labute approximate surface area is 113 Å². The SMILES string of the molecule is O=C(O)c1ccc(OCC(F)(F)F)cc1OCC1CC1. The van der Waals surface area contributed by atoms with Crippen LogP contribution in [0.1, 0.15) is 23.2 Å². The highest BCUT2D eigenvalue weighted by Crippen LogP contribution is 2.32. The average molecular weight is 290 g/mol. The number of carbonyl (C=O) groups is 1. The van der Waals surface area contributed by atoms with Crippen molar-refractivity contribution >= 4 is 5.97 Å². The molecule has 1 saturated carbocycles. The zero-order chi connectivity index (χ0) is 14.8. The molecule has 1 aliphatic carbocycles. The van der Waals surface area contributed by atoms with Gasteiger partial charge in [-0.05, 0) is 30.9 Å². The van der Waals surface area contributed by atoms with Gasteiger partial charge in [0.05, 0.1) is 6.61 Å². The highest BCUT2D eigenvalue weighted by Gasteiger charge is 2.29. The summed E-state index contributed by atoms with van der Waals surface area (Å²) in [6.07, 6.45) is -2.40. The second-order valence-corrected chi connectivity index (χ2v) is 4.62. The smallest absolute Gasteiger partial charge is 0.422 e. The van der Waals surface area contributed by atoms with E-state index in [1.54, 1.807) is 0 Å².